The average Bonchev–Trinajstić information content (AvgIpc) is 3.29. The molecular formula is C27H36N4O2. The van der Waals surface area contributed by atoms with Gasteiger partial charge in [-0.25, -0.2) is 0 Å². The van der Waals surface area contributed by atoms with E-state index in [1.54, 1.807) is 0 Å². The van der Waals surface area contributed by atoms with Crippen molar-refractivity contribution in [3.63, 3.8) is 0 Å². The van der Waals surface area contributed by atoms with Crippen LogP contribution in [-0.2, 0) is 11.2 Å². The molecule has 0 radical (unpaired) electrons. The first-order valence-corrected chi connectivity index (χ1v) is 12.2. The van der Waals surface area contributed by atoms with Crippen molar-refractivity contribution >= 4 is 28.6 Å². The number of amides is 2. The molecule has 0 spiro atoms. The van der Waals surface area contributed by atoms with Gasteiger partial charge in [0, 0.05) is 23.5 Å². The van der Waals surface area contributed by atoms with Crippen LogP contribution in [0.25, 0.3) is 11.1 Å². The molecule has 2 aromatic rings. The fourth-order valence-corrected chi connectivity index (χ4v) is 5.37. The van der Waals surface area contributed by atoms with Crippen molar-refractivity contribution in [2.45, 2.75) is 60.3 Å². The normalized spacial score (nSPS) is 17.2. The van der Waals surface area contributed by atoms with Crippen LogP contribution in [0.2, 0.25) is 0 Å². The molecule has 1 aromatic carbocycles. The van der Waals surface area contributed by atoms with E-state index in [9.17, 15) is 9.59 Å². The molecule has 176 valence electrons. The van der Waals surface area contributed by atoms with E-state index in [0.717, 1.165) is 101 Å². The molecule has 2 amide bonds. The minimum Gasteiger partial charge on any atom is -0.358 e. The van der Waals surface area contributed by atoms with Crippen molar-refractivity contribution in [3.05, 3.63) is 51.3 Å². The zero-order valence-electron chi connectivity index (χ0n) is 20.6. The molecule has 6 nitrogen and oxygen atoms in total. The molecule has 0 bridgehead atoms. The number of aromatic nitrogens is 1. The number of allylic oxidation sites excluding steroid dienone is 1. The van der Waals surface area contributed by atoms with E-state index in [1.165, 1.54) is 0 Å². The molecule has 6 heteroatoms. The fourth-order valence-electron chi connectivity index (χ4n) is 5.37. The third-order valence-corrected chi connectivity index (χ3v) is 7.02. The highest BCUT2D eigenvalue weighted by atomic mass is 16.2. The Balaban J connectivity index is 1.64. The van der Waals surface area contributed by atoms with Crippen LogP contribution in [0.1, 0.15) is 77.1 Å². The van der Waals surface area contributed by atoms with Gasteiger partial charge < -0.3 is 20.5 Å². The van der Waals surface area contributed by atoms with E-state index in [0.29, 0.717) is 6.54 Å². The molecule has 0 saturated heterocycles. The molecule has 0 unspecified atom stereocenters. The largest absolute Gasteiger partial charge is 0.358 e. The number of nitrogens with one attached hydrogen (secondary N) is 3. The van der Waals surface area contributed by atoms with Crippen molar-refractivity contribution in [1.29, 1.82) is 0 Å². The number of aromatic amines is 1. The number of H-pyrrole nitrogens is 1. The molecule has 0 saturated carbocycles. The minimum atomic E-state index is -0.0452. The number of carbonyl (C=O) groups is 2. The zero-order chi connectivity index (χ0) is 23.7. The summed E-state index contributed by atoms with van der Waals surface area (Å²) < 4.78 is 0. The van der Waals surface area contributed by atoms with Crippen LogP contribution in [0.5, 0.6) is 0 Å². The number of fused-ring (bicyclic) bond motifs is 2. The number of nitrogens with zero attached hydrogens (tertiary/aromatic N) is 1. The van der Waals surface area contributed by atoms with E-state index < -0.39 is 0 Å². The lowest BCUT2D eigenvalue weighted by molar-refractivity contribution is -0.110. The SMILES string of the molecule is CCN(CC)CCCNC(=O)c1c(C)[nH]c2c1CCC/C2=C1/C(=O)Nc2c(C)cc(C)cc21. The number of hydrogen-bond donors (Lipinski definition) is 3. The average molecular weight is 449 g/mol. The molecule has 1 aliphatic heterocycles. The highest BCUT2D eigenvalue weighted by Gasteiger charge is 2.33. The molecule has 2 heterocycles. The molecule has 0 fully saturated rings. The lowest BCUT2D eigenvalue weighted by Gasteiger charge is -2.19. The number of aryl methyl sites for hydroxylation is 3. The Morgan fingerprint density at radius 2 is 1.88 bits per heavy atom. The highest BCUT2D eigenvalue weighted by molar-refractivity contribution is 6.37. The predicted molar refractivity (Wildman–Crippen MR) is 135 cm³/mol. The van der Waals surface area contributed by atoms with Crippen molar-refractivity contribution in [1.82, 2.24) is 15.2 Å². The maximum Gasteiger partial charge on any atom is 0.256 e. The lowest BCUT2D eigenvalue weighted by Crippen LogP contribution is -2.30. The summed E-state index contributed by atoms with van der Waals surface area (Å²) in [6, 6.07) is 4.19. The zero-order valence-corrected chi connectivity index (χ0v) is 20.6. The Morgan fingerprint density at radius 3 is 2.61 bits per heavy atom. The Labute approximate surface area is 196 Å². The van der Waals surface area contributed by atoms with Gasteiger partial charge in [-0.2, -0.15) is 0 Å². The van der Waals surface area contributed by atoms with E-state index in [-0.39, 0.29) is 11.8 Å². The van der Waals surface area contributed by atoms with Gasteiger partial charge in [0.2, 0.25) is 0 Å². The first kappa shape index (κ1) is 23.3. The molecule has 0 atom stereocenters. The van der Waals surface area contributed by atoms with Gasteiger partial charge in [-0.05, 0) is 88.9 Å². The van der Waals surface area contributed by atoms with Crippen LogP contribution in [0, 0.1) is 20.8 Å². The maximum atomic E-state index is 13.1. The van der Waals surface area contributed by atoms with Gasteiger partial charge >= 0.3 is 0 Å². The van der Waals surface area contributed by atoms with E-state index in [2.05, 4.69) is 53.4 Å². The van der Waals surface area contributed by atoms with Crippen molar-refractivity contribution in [3.8, 4) is 0 Å². The van der Waals surface area contributed by atoms with Crippen molar-refractivity contribution in [2.75, 3.05) is 31.5 Å². The van der Waals surface area contributed by atoms with Crippen molar-refractivity contribution in [2.24, 2.45) is 0 Å². The van der Waals surface area contributed by atoms with Crippen LogP contribution in [-0.4, -0.2) is 47.9 Å². The van der Waals surface area contributed by atoms with Gasteiger partial charge in [-0.3, -0.25) is 9.59 Å². The maximum absolute atomic E-state index is 13.1. The lowest BCUT2D eigenvalue weighted by atomic mass is 9.85. The second-order valence-electron chi connectivity index (χ2n) is 9.28. The topological polar surface area (TPSA) is 77.2 Å². The Hall–Kier alpha value is -2.86. The molecule has 1 aliphatic carbocycles. The molecule has 2 aliphatic rings. The van der Waals surface area contributed by atoms with Crippen LogP contribution >= 0.6 is 0 Å². The summed E-state index contributed by atoms with van der Waals surface area (Å²) in [4.78, 5) is 32.0. The molecular weight excluding hydrogens is 412 g/mol. The Bertz CT molecular complexity index is 1120. The van der Waals surface area contributed by atoms with Gasteiger partial charge in [0.05, 0.1) is 16.8 Å². The number of benzene rings is 1. The molecule has 1 aromatic heterocycles. The highest BCUT2D eigenvalue weighted by Crippen LogP contribution is 2.44. The third-order valence-electron chi connectivity index (χ3n) is 7.02. The summed E-state index contributed by atoms with van der Waals surface area (Å²) >= 11 is 0. The Kier molecular flexibility index (Phi) is 6.75. The van der Waals surface area contributed by atoms with Crippen molar-refractivity contribution < 1.29 is 9.59 Å². The standard InChI is InChI=1S/C27H36N4O2/c1-6-31(7-2)13-9-12-28-26(32)22-18(5)29-25-19(22)10-8-11-20(25)23-21-15-16(3)14-17(4)24(21)30-27(23)33/h14-15,29H,6-13H2,1-5H3,(H,28,32)(H,30,33)/b23-20-. The summed E-state index contributed by atoms with van der Waals surface area (Å²) in [5.41, 5.74) is 9.54. The number of rotatable bonds is 7. The van der Waals surface area contributed by atoms with Gasteiger partial charge in [0.1, 0.15) is 0 Å². The summed E-state index contributed by atoms with van der Waals surface area (Å²) in [7, 11) is 0. The first-order chi connectivity index (χ1) is 15.8. The van der Waals surface area contributed by atoms with E-state index in [4.69, 9.17) is 0 Å². The number of hydrogen-bond acceptors (Lipinski definition) is 3. The van der Waals surface area contributed by atoms with Crippen LogP contribution in [0.4, 0.5) is 5.69 Å². The monoisotopic (exact) mass is 448 g/mol. The summed E-state index contributed by atoms with van der Waals surface area (Å²) in [6.45, 7) is 14.1. The molecule has 3 N–H and O–H groups in total. The second-order valence-corrected chi connectivity index (χ2v) is 9.28. The van der Waals surface area contributed by atoms with Crippen LogP contribution in [0.15, 0.2) is 12.1 Å². The van der Waals surface area contributed by atoms with Gasteiger partial charge in [-0.1, -0.05) is 25.5 Å². The molecule has 33 heavy (non-hydrogen) atoms. The summed E-state index contributed by atoms with van der Waals surface area (Å²) in [6.07, 6.45) is 3.54. The van der Waals surface area contributed by atoms with Gasteiger partial charge in [0.15, 0.2) is 0 Å². The Morgan fingerprint density at radius 1 is 1.12 bits per heavy atom. The van der Waals surface area contributed by atoms with Gasteiger partial charge in [-0.15, -0.1) is 0 Å². The summed E-state index contributed by atoms with van der Waals surface area (Å²) in [5.74, 6) is -0.0602. The third kappa shape index (κ3) is 4.36. The fraction of sp³-hybridized carbons (Fsp3) is 0.481. The van der Waals surface area contributed by atoms with Crippen LogP contribution < -0.4 is 10.6 Å². The quantitative estimate of drug-likeness (QED) is 0.428. The first-order valence-electron chi connectivity index (χ1n) is 12.2. The summed E-state index contributed by atoms with van der Waals surface area (Å²) in [5, 5.41) is 6.20. The minimum absolute atomic E-state index is 0.0150. The predicted octanol–water partition coefficient (Wildman–Crippen LogP) is 4.60. The number of anilines is 1. The smallest absolute Gasteiger partial charge is 0.256 e. The van der Waals surface area contributed by atoms with E-state index >= 15 is 0 Å². The number of carbonyl (C=O) groups excluding carboxylic acids is 2. The van der Waals surface area contributed by atoms with E-state index in [1.807, 2.05) is 13.8 Å². The molecule has 4 rings (SSSR count). The van der Waals surface area contributed by atoms with Crippen LogP contribution in [0.3, 0.4) is 0 Å². The van der Waals surface area contributed by atoms with Gasteiger partial charge in [0.25, 0.3) is 11.8 Å². The second kappa shape index (κ2) is 9.56.